The van der Waals surface area contributed by atoms with Crippen molar-refractivity contribution in [2.24, 2.45) is 0 Å². The molecule has 1 fully saturated rings. The van der Waals surface area contributed by atoms with Gasteiger partial charge in [0.1, 0.15) is 5.82 Å². The van der Waals surface area contributed by atoms with E-state index in [9.17, 15) is 26.4 Å². The zero-order valence-electron chi connectivity index (χ0n) is 17.1. The summed E-state index contributed by atoms with van der Waals surface area (Å²) < 4.78 is 69.4. The van der Waals surface area contributed by atoms with E-state index >= 15 is 0 Å². The minimum Gasteiger partial charge on any atom is -0.415 e. The van der Waals surface area contributed by atoms with E-state index < -0.39 is 40.0 Å². The first kappa shape index (κ1) is 22.8. The van der Waals surface area contributed by atoms with Crippen molar-refractivity contribution in [1.29, 1.82) is 0 Å². The topological polar surface area (TPSA) is 105 Å². The highest BCUT2D eigenvalue weighted by atomic mass is 32.2. The van der Waals surface area contributed by atoms with Crippen LogP contribution in [-0.4, -0.2) is 53.6 Å². The lowest BCUT2D eigenvalue weighted by Gasteiger charge is -2.35. The van der Waals surface area contributed by atoms with E-state index in [2.05, 4.69) is 15.5 Å². The van der Waals surface area contributed by atoms with Crippen molar-refractivity contribution in [3.05, 3.63) is 65.8 Å². The number of halogens is 3. The first-order valence-corrected chi connectivity index (χ1v) is 11.8. The Morgan fingerprint density at radius 1 is 1.18 bits per heavy atom. The van der Waals surface area contributed by atoms with Gasteiger partial charge >= 0.3 is 12.5 Å². The molecule has 1 saturated heterocycles. The van der Waals surface area contributed by atoms with Crippen LogP contribution >= 0.6 is 0 Å². The summed E-state index contributed by atoms with van der Waals surface area (Å²) in [5, 5.41) is 9.42. The largest absolute Gasteiger partial charge is 0.415 e. The summed E-state index contributed by atoms with van der Waals surface area (Å²) in [5.41, 5.74) is 0.811. The molecule has 1 unspecified atom stereocenters. The van der Waals surface area contributed by atoms with E-state index in [1.807, 2.05) is 0 Å². The maximum atomic E-state index is 14.8. The number of hydrogen-bond donors (Lipinski definition) is 1. The molecule has 4 rings (SSSR count). The Hall–Kier alpha value is -3.41. The number of alkyl halides is 2. The highest BCUT2D eigenvalue weighted by Crippen LogP contribution is 2.26. The molecular formula is C21H19F3N4O4S. The van der Waals surface area contributed by atoms with Crippen LogP contribution in [0.2, 0.25) is 0 Å². The zero-order chi connectivity index (χ0) is 23.6. The molecule has 1 aliphatic rings. The van der Waals surface area contributed by atoms with E-state index in [1.165, 1.54) is 17.0 Å². The van der Waals surface area contributed by atoms with Crippen LogP contribution in [0.25, 0.3) is 11.5 Å². The number of urea groups is 1. The third-order valence-electron chi connectivity index (χ3n) is 5.20. The third kappa shape index (κ3) is 5.33. The molecule has 8 nitrogen and oxygen atoms in total. The van der Waals surface area contributed by atoms with Crippen molar-refractivity contribution in [3.8, 4) is 11.5 Å². The SMILES string of the molecule is O=C(Nc1ccccc1)N1CCS(=O)(=O)CC1Cc1ccc(-c2nnc(C(F)F)o2)cc1F. The number of anilines is 1. The van der Waals surface area contributed by atoms with Crippen molar-refractivity contribution >= 4 is 21.6 Å². The smallest absolute Gasteiger partial charge is 0.322 e. The molecule has 0 aliphatic carbocycles. The zero-order valence-corrected chi connectivity index (χ0v) is 17.9. The van der Waals surface area contributed by atoms with Gasteiger partial charge in [-0.2, -0.15) is 8.78 Å². The molecule has 2 heterocycles. The molecule has 1 atom stereocenters. The van der Waals surface area contributed by atoms with Crippen molar-refractivity contribution < 1.29 is 30.8 Å². The van der Waals surface area contributed by atoms with E-state index in [0.29, 0.717) is 5.69 Å². The van der Waals surface area contributed by atoms with Gasteiger partial charge in [-0.05, 0) is 36.2 Å². The number of sulfone groups is 1. The van der Waals surface area contributed by atoms with Gasteiger partial charge in [-0.15, -0.1) is 10.2 Å². The predicted molar refractivity (Wildman–Crippen MR) is 113 cm³/mol. The van der Waals surface area contributed by atoms with Gasteiger partial charge < -0.3 is 14.6 Å². The second-order valence-electron chi connectivity index (χ2n) is 7.51. The number of carbonyl (C=O) groups is 1. The number of para-hydroxylation sites is 1. The minimum atomic E-state index is -3.41. The van der Waals surface area contributed by atoms with Crippen LogP contribution in [0.5, 0.6) is 0 Å². The van der Waals surface area contributed by atoms with Gasteiger partial charge in [0.2, 0.25) is 5.89 Å². The Kier molecular flexibility index (Phi) is 6.36. The van der Waals surface area contributed by atoms with Crippen molar-refractivity contribution in [2.45, 2.75) is 18.9 Å². The van der Waals surface area contributed by atoms with Crippen LogP contribution in [-0.2, 0) is 16.3 Å². The Balaban J connectivity index is 1.54. The van der Waals surface area contributed by atoms with Crippen LogP contribution in [0, 0.1) is 5.82 Å². The molecule has 12 heteroatoms. The second kappa shape index (κ2) is 9.22. The number of amides is 2. The highest BCUT2D eigenvalue weighted by molar-refractivity contribution is 7.91. The molecule has 0 bridgehead atoms. The van der Waals surface area contributed by atoms with E-state index in [0.717, 1.165) is 6.07 Å². The molecular weight excluding hydrogens is 461 g/mol. The first-order valence-electron chi connectivity index (χ1n) is 9.95. The first-order chi connectivity index (χ1) is 15.7. The molecule has 1 aliphatic heterocycles. The normalized spacial score (nSPS) is 17.8. The maximum Gasteiger partial charge on any atom is 0.322 e. The lowest BCUT2D eigenvalue weighted by atomic mass is 10.0. The summed E-state index contributed by atoms with van der Waals surface area (Å²) in [6, 6.07) is 11.2. The number of rotatable bonds is 5. The number of nitrogens with one attached hydrogen (secondary N) is 1. The fourth-order valence-corrected chi connectivity index (χ4v) is 5.10. The summed E-state index contributed by atoms with van der Waals surface area (Å²) in [7, 11) is -3.41. The van der Waals surface area contributed by atoms with Gasteiger partial charge in [0, 0.05) is 17.8 Å². The summed E-state index contributed by atoms with van der Waals surface area (Å²) in [4.78, 5) is 14.2. The number of nitrogens with zero attached hydrogens (tertiary/aromatic N) is 3. The van der Waals surface area contributed by atoms with Crippen LogP contribution in [0.1, 0.15) is 17.9 Å². The Labute approximate surface area is 187 Å². The molecule has 2 amide bonds. The summed E-state index contributed by atoms with van der Waals surface area (Å²) in [5.74, 6) is -2.34. The van der Waals surface area contributed by atoms with Crippen LogP contribution in [0.3, 0.4) is 0 Å². The van der Waals surface area contributed by atoms with Crippen LogP contribution < -0.4 is 5.32 Å². The van der Waals surface area contributed by atoms with Gasteiger partial charge in [-0.25, -0.2) is 17.6 Å². The predicted octanol–water partition coefficient (Wildman–Crippen LogP) is 3.69. The van der Waals surface area contributed by atoms with E-state index in [4.69, 9.17) is 4.42 Å². The molecule has 0 radical (unpaired) electrons. The van der Waals surface area contributed by atoms with Gasteiger partial charge in [-0.1, -0.05) is 24.3 Å². The van der Waals surface area contributed by atoms with Gasteiger partial charge in [0.05, 0.1) is 17.5 Å². The molecule has 33 heavy (non-hydrogen) atoms. The van der Waals surface area contributed by atoms with Gasteiger partial charge in [0.25, 0.3) is 5.89 Å². The molecule has 0 saturated carbocycles. The van der Waals surface area contributed by atoms with E-state index in [-0.39, 0.29) is 41.5 Å². The number of carbonyl (C=O) groups excluding carboxylic acids is 1. The quantitative estimate of drug-likeness (QED) is 0.597. The van der Waals surface area contributed by atoms with Gasteiger partial charge in [0.15, 0.2) is 9.84 Å². The average molecular weight is 480 g/mol. The van der Waals surface area contributed by atoms with Gasteiger partial charge in [-0.3, -0.25) is 0 Å². The van der Waals surface area contributed by atoms with E-state index in [1.54, 1.807) is 30.3 Å². The standard InChI is InChI=1S/C21H19F3N4O4S/c22-17-11-14(19-26-27-20(32-19)18(23)24)7-6-13(17)10-16-12-33(30,31)9-8-28(16)21(29)25-15-4-2-1-3-5-15/h1-7,11,16,18H,8-10,12H2,(H,25,29). The van der Waals surface area contributed by atoms with Crippen molar-refractivity contribution in [1.82, 2.24) is 15.1 Å². The number of aromatic nitrogens is 2. The maximum absolute atomic E-state index is 14.8. The fraction of sp³-hybridized carbons (Fsp3) is 0.286. The molecule has 1 N–H and O–H groups in total. The Morgan fingerprint density at radius 3 is 2.61 bits per heavy atom. The lowest BCUT2D eigenvalue weighted by molar-refractivity contribution is 0.116. The Bertz CT molecular complexity index is 1250. The van der Waals surface area contributed by atoms with Crippen LogP contribution in [0.15, 0.2) is 52.9 Å². The summed E-state index contributed by atoms with van der Waals surface area (Å²) in [6.45, 7) is -0.0240. The Morgan fingerprint density at radius 2 is 1.94 bits per heavy atom. The lowest BCUT2D eigenvalue weighted by Crippen LogP contribution is -2.53. The molecule has 2 aromatic carbocycles. The van der Waals surface area contributed by atoms with Crippen LogP contribution in [0.4, 0.5) is 23.7 Å². The van der Waals surface area contributed by atoms with Crippen molar-refractivity contribution in [2.75, 3.05) is 23.4 Å². The summed E-state index contributed by atoms with van der Waals surface area (Å²) in [6.07, 6.45) is -3.00. The molecule has 1 aromatic heterocycles. The summed E-state index contributed by atoms with van der Waals surface area (Å²) >= 11 is 0. The minimum absolute atomic E-state index is 0.0240. The monoisotopic (exact) mass is 480 g/mol. The third-order valence-corrected chi connectivity index (χ3v) is 6.90. The molecule has 3 aromatic rings. The number of hydrogen-bond acceptors (Lipinski definition) is 6. The fourth-order valence-electron chi connectivity index (χ4n) is 3.58. The van der Waals surface area contributed by atoms with Crippen molar-refractivity contribution in [3.63, 3.8) is 0 Å². The average Bonchev–Trinajstić information content (AvgIpc) is 3.26. The highest BCUT2D eigenvalue weighted by Gasteiger charge is 2.34. The molecule has 174 valence electrons. The molecule has 0 spiro atoms. The number of benzene rings is 2. The second-order valence-corrected chi connectivity index (χ2v) is 9.74.